The average molecular weight is 449 g/mol. The van der Waals surface area contributed by atoms with Crippen LogP contribution in [0.5, 0.6) is 5.75 Å². The van der Waals surface area contributed by atoms with Gasteiger partial charge in [0.15, 0.2) is 0 Å². The Hall–Kier alpha value is -2.88. The van der Waals surface area contributed by atoms with Gasteiger partial charge < -0.3 is 20.0 Å². The number of carbonyl (C=O) groups is 1. The molecule has 2 aliphatic rings. The van der Waals surface area contributed by atoms with Crippen molar-refractivity contribution in [3.8, 4) is 5.75 Å². The van der Waals surface area contributed by atoms with Gasteiger partial charge in [-0.15, -0.1) is 8.20 Å². The minimum Gasteiger partial charge on any atom is -0.507 e. The van der Waals surface area contributed by atoms with Gasteiger partial charge in [-0.3, -0.25) is 4.79 Å². The summed E-state index contributed by atoms with van der Waals surface area (Å²) in [6.45, 7) is 4.29. The predicted molar refractivity (Wildman–Crippen MR) is 133 cm³/mol. The van der Waals surface area contributed by atoms with Crippen LogP contribution >= 0.6 is 8.20 Å². The van der Waals surface area contributed by atoms with Gasteiger partial charge >= 0.3 is 0 Å². The molecule has 0 aromatic heterocycles. The zero-order valence-corrected chi connectivity index (χ0v) is 19.0. The number of amides is 1. The lowest BCUT2D eigenvalue weighted by atomic mass is 9.77. The van der Waals surface area contributed by atoms with Crippen molar-refractivity contribution in [1.82, 2.24) is 0 Å². The molecule has 2 aromatic rings. The number of phenols is 1. The van der Waals surface area contributed by atoms with Crippen LogP contribution in [-0.2, 0) is 6.42 Å². The number of aliphatic hydroxyl groups is 1. The third-order valence-corrected chi connectivity index (χ3v) is 7.61. The molecule has 1 spiro atoms. The Morgan fingerprint density at radius 2 is 2.09 bits per heavy atom. The van der Waals surface area contributed by atoms with Gasteiger partial charge in [0.25, 0.3) is 5.91 Å². The number of rotatable bonds is 5. The normalized spacial score (nSPS) is 20.7. The van der Waals surface area contributed by atoms with E-state index in [1.807, 2.05) is 23.1 Å². The maximum atomic E-state index is 13.6. The van der Waals surface area contributed by atoms with E-state index in [1.54, 1.807) is 41.6 Å². The molecule has 32 heavy (non-hydrogen) atoms. The molecule has 0 fully saturated rings. The topological polar surface area (TPSA) is 64.0 Å². The number of anilines is 2. The van der Waals surface area contributed by atoms with Crippen LogP contribution in [0.25, 0.3) is 0 Å². The number of hydrogen-bond acceptors (Lipinski definition) is 4. The van der Waals surface area contributed by atoms with Crippen molar-refractivity contribution in [1.29, 1.82) is 0 Å². The summed E-state index contributed by atoms with van der Waals surface area (Å²) in [5.41, 5.74) is 3.20. The van der Waals surface area contributed by atoms with Crippen LogP contribution < -0.4 is 9.80 Å². The Labute approximate surface area is 191 Å². The van der Waals surface area contributed by atoms with Crippen LogP contribution in [0.15, 0.2) is 67.5 Å². The molecule has 6 heteroatoms. The molecule has 2 N–H and O–H groups in total. The summed E-state index contributed by atoms with van der Waals surface area (Å²) in [6, 6.07) is 13.1. The lowest BCUT2D eigenvalue weighted by molar-refractivity contribution is 0.0983. The largest absolute Gasteiger partial charge is 0.507 e. The number of aromatic hydroxyl groups is 1. The van der Waals surface area contributed by atoms with E-state index in [4.69, 9.17) is 5.11 Å². The van der Waals surface area contributed by atoms with E-state index in [0.29, 0.717) is 12.2 Å². The molecule has 2 aromatic carbocycles. The lowest BCUT2D eigenvalue weighted by Gasteiger charge is -2.32. The Morgan fingerprint density at radius 1 is 1.25 bits per heavy atom. The van der Waals surface area contributed by atoms with Crippen molar-refractivity contribution in [2.45, 2.75) is 25.7 Å². The summed E-state index contributed by atoms with van der Waals surface area (Å²) in [5, 5.41) is 19.8. The Morgan fingerprint density at radius 3 is 2.81 bits per heavy atom. The van der Waals surface area contributed by atoms with Crippen molar-refractivity contribution in [3.05, 3.63) is 78.6 Å². The quantitative estimate of drug-likeness (QED) is 0.634. The Bertz CT molecular complexity index is 1060. The maximum Gasteiger partial charge on any atom is 0.262 e. The first-order valence-electron chi connectivity index (χ1n) is 11.0. The van der Waals surface area contributed by atoms with Crippen molar-refractivity contribution in [2.24, 2.45) is 5.41 Å². The fourth-order valence-corrected chi connectivity index (χ4v) is 5.85. The van der Waals surface area contributed by atoms with E-state index >= 15 is 0 Å². The van der Waals surface area contributed by atoms with Crippen molar-refractivity contribution >= 4 is 31.3 Å². The van der Waals surface area contributed by atoms with Crippen LogP contribution in [0.4, 0.5) is 11.4 Å². The van der Waals surface area contributed by atoms with Gasteiger partial charge in [-0.05, 0) is 67.1 Å². The standard InChI is InChI=1S/C26H29N2O3P/c1-2-27(13-6-15-29)21-9-10-22(24(30)17-21)25(31)28-14-12-26(11-5-16-32-19-26)18-20-7-3-4-8-23(20)28/h2-4,6-10,13,17,19,29-30H,1,5,11-12,14-16,18H2/b13-6-. The van der Waals surface area contributed by atoms with Gasteiger partial charge in [0, 0.05) is 36.4 Å². The molecular weight excluding hydrogens is 419 g/mol. The number of hydrogen-bond donors (Lipinski definition) is 2. The second-order valence-electron chi connectivity index (χ2n) is 8.37. The molecule has 166 valence electrons. The first kappa shape index (κ1) is 22.3. The highest BCUT2D eigenvalue weighted by Crippen LogP contribution is 2.42. The summed E-state index contributed by atoms with van der Waals surface area (Å²) < 4.78 is 0. The van der Waals surface area contributed by atoms with Gasteiger partial charge in [-0.1, -0.05) is 30.6 Å². The molecule has 4 rings (SSSR count). The second kappa shape index (κ2) is 9.72. The molecule has 1 amide bonds. The first-order valence-corrected chi connectivity index (χ1v) is 12.1. The zero-order valence-electron chi connectivity index (χ0n) is 18.2. The Kier molecular flexibility index (Phi) is 6.78. The van der Waals surface area contributed by atoms with Gasteiger partial charge in [0.1, 0.15) is 5.75 Å². The highest BCUT2D eigenvalue weighted by atomic mass is 31.1. The highest BCUT2D eigenvalue weighted by molar-refractivity contribution is 7.38. The van der Waals surface area contributed by atoms with E-state index in [1.165, 1.54) is 26.4 Å². The smallest absolute Gasteiger partial charge is 0.262 e. The number of nitrogens with zero attached hydrogens (tertiary/aromatic N) is 2. The number of benzene rings is 2. The third-order valence-electron chi connectivity index (χ3n) is 6.31. The predicted octanol–water partition coefficient (Wildman–Crippen LogP) is 4.97. The number of para-hydroxylation sites is 1. The minimum atomic E-state index is -0.192. The Balaban J connectivity index is 1.66. The molecule has 0 saturated carbocycles. The van der Waals surface area contributed by atoms with Gasteiger partial charge in [0.2, 0.25) is 0 Å². The van der Waals surface area contributed by atoms with E-state index in [2.05, 4.69) is 18.4 Å². The molecule has 0 radical (unpaired) electrons. The fraction of sp³-hybridized carbons (Fsp3) is 0.308. The molecule has 0 aliphatic carbocycles. The number of carbonyl (C=O) groups excluding carboxylic acids is 1. The van der Waals surface area contributed by atoms with Gasteiger partial charge in [0.05, 0.1) is 12.2 Å². The number of aliphatic hydroxyl groups excluding tert-OH is 1. The molecule has 0 saturated heterocycles. The van der Waals surface area contributed by atoms with Gasteiger partial charge in [-0.25, -0.2) is 0 Å². The fourth-order valence-electron chi connectivity index (χ4n) is 4.65. The van der Waals surface area contributed by atoms with Crippen LogP contribution in [-0.4, -0.2) is 41.2 Å². The average Bonchev–Trinajstić information content (AvgIpc) is 2.96. The second-order valence-corrected chi connectivity index (χ2v) is 9.44. The van der Waals surface area contributed by atoms with E-state index in [-0.39, 0.29) is 29.2 Å². The highest BCUT2D eigenvalue weighted by Gasteiger charge is 2.36. The number of fused-ring (bicyclic) bond motifs is 1. The molecule has 5 nitrogen and oxygen atoms in total. The molecule has 0 bridgehead atoms. The zero-order chi connectivity index (χ0) is 22.6. The maximum absolute atomic E-state index is 13.6. The minimum absolute atomic E-state index is 0.0732. The first-order chi connectivity index (χ1) is 15.6. The van der Waals surface area contributed by atoms with Crippen molar-refractivity contribution < 1.29 is 15.0 Å². The summed E-state index contributed by atoms with van der Waals surface area (Å²) >= 11 is 0. The van der Waals surface area contributed by atoms with Gasteiger partial charge in [-0.2, -0.15) is 0 Å². The molecule has 2 heterocycles. The summed E-state index contributed by atoms with van der Waals surface area (Å²) in [5.74, 6) is 2.19. The van der Waals surface area contributed by atoms with Crippen LogP contribution in [0, 0.1) is 5.41 Å². The van der Waals surface area contributed by atoms with Crippen LogP contribution in [0.2, 0.25) is 0 Å². The summed E-state index contributed by atoms with van der Waals surface area (Å²) in [6.07, 6.45) is 10.3. The number of phenolic OH excluding ortho intramolecular Hbond substituents is 1. The van der Waals surface area contributed by atoms with Crippen LogP contribution in [0.1, 0.15) is 35.2 Å². The SMILES string of the molecule is C=CN(/C=C\CO)c1ccc(C(=O)N2CCC3(C=PCCC3)Cc3ccccc32)c(O)c1. The van der Waals surface area contributed by atoms with Crippen molar-refractivity contribution in [3.63, 3.8) is 0 Å². The van der Waals surface area contributed by atoms with E-state index in [0.717, 1.165) is 24.9 Å². The van der Waals surface area contributed by atoms with E-state index < -0.39 is 0 Å². The van der Waals surface area contributed by atoms with Crippen molar-refractivity contribution in [2.75, 3.05) is 29.1 Å². The summed E-state index contributed by atoms with van der Waals surface area (Å²) in [7, 11) is 1.40. The molecular formula is C26H29N2O3P. The third kappa shape index (κ3) is 4.50. The van der Waals surface area contributed by atoms with E-state index in [9.17, 15) is 9.90 Å². The van der Waals surface area contributed by atoms with Crippen LogP contribution in [0.3, 0.4) is 0 Å². The summed E-state index contributed by atoms with van der Waals surface area (Å²) in [4.78, 5) is 17.1. The molecule has 1 atom stereocenters. The lowest BCUT2D eigenvalue weighted by Crippen LogP contribution is -2.34. The molecule has 1 unspecified atom stereocenters. The monoisotopic (exact) mass is 448 g/mol. The molecule has 2 aliphatic heterocycles.